The number of rotatable bonds is 6. The van der Waals surface area contributed by atoms with Gasteiger partial charge < -0.3 is 4.98 Å². The fourth-order valence-electron chi connectivity index (χ4n) is 2.09. The van der Waals surface area contributed by atoms with Crippen molar-refractivity contribution >= 4 is 0 Å². The van der Waals surface area contributed by atoms with Crippen molar-refractivity contribution in [1.82, 2.24) is 25.0 Å². The molecule has 2 aromatic rings. The van der Waals surface area contributed by atoms with E-state index in [0.29, 0.717) is 24.4 Å². The lowest BCUT2D eigenvalue weighted by atomic mass is 10.0. The first-order chi connectivity index (χ1) is 9.60. The molecular formula is C13H19N5O2. The van der Waals surface area contributed by atoms with Crippen molar-refractivity contribution in [3.8, 4) is 0 Å². The minimum absolute atomic E-state index is 0.353. The molecule has 108 valence electrons. The molecule has 2 aromatic heterocycles. The summed E-state index contributed by atoms with van der Waals surface area (Å²) in [7, 11) is 0. The first-order valence-electron chi connectivity index (χ1n) is 6.81. The monoisotopic (exact) mass is 277 g/mol. The lowest BCUT2D eigenvalue weighted by Crippen LogP contribution is -2.25. The van der Waals surface area contributed by atoms with Gasteiger partial charge in [-0.3, -0.25) is 14.5 Å². The van der Waals surface area contributed by atoms with Crippen LogP contribution in [-0.4, -0.2) is 25.0 Å². The minimum Gasteiger partial charge on any atom is -0.314 e. The van der Waals surface area contributed by atoms with Gasteiger partial charge in [0.1, 0.15) is 0 Å². The molecule has 0 radical (unpaired) electrons. The fourth-order valence-corrected chi connectivity index (χ4v) is 2.09. The van der Waals surface area contributed by atoms with E-state index in [1.54, 1.807) is 4.68 Å². The van der Waals surface area contributed by atoms with Crippen molar-refractivity contribution < 1.29 is 0 Å². The number of nitrogens with zero attached hydrogens (tertiary/aromatic N) is 3. The van der Waals surface area contributed by atoms with Crippen LogP contribution >= 0.6 is 0 Å². The maximum atomic E-state index is 11.5. The Morgan fingerprint density at radius 1 is 1.40 bits per heavy atom. The molecule has 0 aromatic carbocycles. The summed E-state index contributed by atoms with van der Waals surface area (Å²) >= 11 is 0. The molecule has 0 bridgehead atoms. The van der Waals surface area contributed by atoms with E-state index in [2.05, 4.69) is 34.1 Å². The largest absolute Gasteiger partial charge is 0.325 e. The molecule has 20 heavy (non-hydrogen) atoms. The average molecular weight is 277 g/mol. The highest BCUT2D eigenvalue weighted by atomic mass is 16.2. The van der Waals surface area contributed by atoms with Crippen LogP contribution in [0, 0.1) is 0 Å². The van der Waals surface area contributed by atoms with Crippen LogP contribution in [0.4, 0.5) is 0 Å². The van der Waals surface area contributed by atoms with Crippen molar-refractivity contribution in [2.24, 2.45) is 0 Å². The van der Waals surface area contributed by atoms with Gasteiger partial charge in [-0.2, -0.15) is 0 Å². The second-order valence-electron chi connectivity index (χ2n) is 4.94. The van der Waals surface area contributed by atoms with Gasteiger partial charge in [0.05, 0.1) is 5.69 Å². The van der Waals surface area contributed by atoms with E-state index < -0.39 is 5.69 Å². The van der Waals surface area contributed by atoms with E-state index in [-0.39, 0.29) is 5.56 Å². The lowest BCUT2D eigenvalue weighted by Gasteiger charge is -2.04. The lowest BCUT2D eigenvalue weighted by molar-refractivity contribution is 0.585. The van der Waals surface area contributed by atoms with Gasteiger partial charge in [-0.1, -0.05) is 25.5 Å². The number of H-pyrrole nitrogens is 2. The predicted molar refractivity (Wildman–Crippen MR) is 74.7 cm³/mol. The smallest absolute Gasteiger partial charge is 0.314 e. The van der Waals surface area contributed by atoms with Crippen LogP contribution in [0.3, 0.4) is 0 Å². The number of aromatic nitrogens is 5. The summed E-state index contributed by atoms with van der Waals surface area (Å²) in [5.41, 5.74) is 0.661. The molecule has 0 saturated heterocycles. The third-order valence-corrected chi connectivity index (χ3v) is 3.29. The van der Waals surface area contributed by atoms with Crippen LogP contribution in [0.1, 0.15) is 43.9 Å². The molecule has 7 heteroatoms. The molecule has 0 aliphatic carbocycles. The molecular weight excluding hydrogens is 258 g/mol. The molecule has 0 amide bonds. The summed E-state index contributed by atoms with van der Waals surface area (Å²) in [6.45, 7) is 4.83. The second-order valence-corrected chi connectivity index (χ2v) is 4.94. The molecule has 2 heterocycles. The van der Waals surface area contributed by atoms with Crippen molar-refractivity contribution in [2.75, 3.05) is 0 Å². The van der Waals surface area contributed by atoms with Gasteiger partial charge >= 0.3 is 5.69 Å². The highest BCUT2D eigenvalue weighted by Crippen LogP contribution is 2.17. The Morgan fingerprint density at radius 3 is 2.90 bits per heavy atom. The van der Waals surface area contributed by atoms with Gasteiger partial charge in [0, 0.05) is 30.4 Å². The quantitative estimate of drug-likeness (QED) is 0.816. The predicted octanol–water partition coefficient (Wildman–Crippen LogP) is 0.801. The highest BCUT2D eigenvalue weighted by Gasteiger charge is 2.09. The SMILES string of the molecule is CCC[C@@H](C)c1cn(CCc2c[nH]c(=O)[nH]c2=O)nn1. The number of aryl methyl sites for hydroxylation is 2. The molecule has 0 fully saturated rings. The Balaban J connectivity index is 2.01. The molecule has 7 nitrogen and oxygen atoms in total. The van der Waals surface area contributed by atoms with E-state index in [9.17, 15) is 9.59 Å². The van der Waals surface area contributed by atoms with E-state index in [0.717, 1.165) is 18.5 Å². The van der Waals surface area contributed by atoms with Crippen LogP contribution < -0.4 is 11.2 Å². The maximum Gasteiger partial charge on any atom is 0.325 e. The van der Waals surface area contributed by atoms with E-state index >= 15 is 0 Å². The molecule has 2 N–H and O–H groups in total. The van der Waals surface area contributed by atoms with E-state index in [1.807, 2.05) is 6.20 Å². The zero-order chi connectivity index (χ0) is 14.5. The molecule has 2 rings (SSSR count). The van der Waals surface area contributed by atoms with Gasteiger partial charge in [0.25, 0.3) is 5.56 Å². The van der Waals surface area contributed by atoms with Crippen LogP contribution in [0.25, 0.3) is 0 Å². The summed E-state index contributed by atoms with van der Waals surface area (Å²) in [6, 6.07) is 0. The number of hydrogen-bond acceptors (Lipinski definition) is 4. The summed E-state index contributed by atoms with van der Waals surface area (Å²) in [5.74, 6) is 0.394. The molecule has 0 aliphatic rings. The van der Waals surface area contributed by atoms with Crippen molar-refractivity contribution in [3.05, 3.63) is 44.5 Å². The molecule has 0 saturated carbocycles. The Kier molecular flexibility index (Phi) is 4.49. The number of hydrogen-bond donors (Lipinski definition) is 2. The maximum absolute atomic E-state index is 11.5. The summed E-state index contributed by atoms with van der Waals surface area (Å²) in [6.07, 6.45) is 6.05. The Morgan fingerprint density at radius 2 is 2.20 bits per heavy atom. The topological polar surface area (TPSA) is 96.4 Å². The Hall–Kier alpha value is -2.18. The molecule has 0 aliphatic heterocycles. The van der Waals surface area contributed by atoms with Crippen LogP contribution in [0.15, 0.2) is 22.0 Å². The van der Waals surface area contributed by atoms with Crippen molar-refractivity contribution in [3.63, 3.8) is 0 Å². The van der Waals surface area contributed by atoms with Gasteiger partial charge in [-0.15, -0.1) is 5.10 Å². The Labute approximate surface area is 116 Å². The Bertz CT molecular complexity index is 670. The van der Waals surface area contributed by atoms with E-state index in [4.69, 9.17) is 0 Å². The first-order valence-corrected chi connectivity index (χ1v) is 6.81. The summed E-state index contributed by atoms with van der Waals surface area (Å²) in [5, 5.41) is 8.22. The number of nitrogens with one attached hydrogen (secondary N) is 2. The zero-order valence-corrected chi connectivity index (χ0v) is 11.7. The normalized spacial score (nSPS) is 12.5. The number of aromatic amines is 2. The van der Waals surface area contributed by atoms with Gasteiger partial charge in [0.2, 0.25) is 0 Å². The summed E-state index contributed by atoms with van der Waals surface area (Å²) < 4.78 is 1.73. The van der Waals surface area contributed by atoms with E-state index in [1.165, 1.54) is 6.20 Å². The zero-order valence-electron chi connectivity index (χ0n) is 11.7. The standard InChI is InChI=1S/C13H19N5O2/c1-3-4-9(2)11-8-18(17-16-11)6-5-10-7-14-13(20)15-12(10)19/h7-9H,3-6H2,1-2H3,(H2,14,15,19,20)/t9-/m1/s1. The third kappa shape index (κ3) is 3.43. The van der Waals surface area contributed by atoms with Crippen molar-refractivity contribution in [2.45, 2.75) is 45.6 Å². The molecule has 0 spiro atoms. The van der Waals surface area contributed by atoms with Gasteiger partial charge in [0.15, 0.2) is 0 Å². The van der Waals surface area contributed by atoms with Crippen LogP contribution in [0.5, 0.6) is 0 Å². The minimum atomic E-state index is -0.491. The van der Waals surface area contributed by atoms with Gasteiger partial charge in [-0.25, -0.2) is 4.79 Å². The third-order valence-electron chi connectivity index (χ3n) is 3.29. The van der Waals surface area contributed by atoms with Crippen LogP contribution in [-0.2, 0) is 13.0 Å². The molecule has 1 atom stereocenters. The average Bonchev–Trinajstić information content (AvgIpc) is 2.87. The van der Waals surface area contributed by atoms with Crippen molar-refractivity contribution in [1.29, 1.82) is 0 Å². The summed E-state index contributed by atoms with van der Waals surface area (Å²) in [4.78, 5) is 27.1. The second kappa shape index (κ2) is 6.31. The highest BCUT2D eigenvalue weighted by molar-refractivity contribution is 5.04. The van der Waals surface area contributed by atoms with Crippen LogP contribution in [0.2, 0.25) is 0 Å². The van der Waals surface area contributed by atoms with Gasteiger partial charge in [-0.05, 0) is 12.8 Å². The molecule has 0 unspecified atom stereocenters. The fraction of sp³-hybridized carbons (Fsp3) is 0.538. The first kappa shape index (κ1) is 14.2.